The van der Waals surface area contributed by atoms with Crippen molar-refractivity contribution in [2.45, 2.75) is 25.7 Å². The van der Waals surface area contributed by atoms with Crippen molar-refractivity contribution in [1.29, 1.82) is 0 Å². The SMILES string of the molecule is [CH]1C2=C(CCCC2)c2ccccc21.[Cl][Ti]([Cl])[Cl]. The van der Waals surface area contributed by atoms with Crippen LogP contribution in [-0.2, 0) is 14.7 Å². The van der Waals surface area contributed by atoms with Gasteiger partial charge in [0.1, 0.15) is 0 Å². The molecule has 0 saturated carbocycles. The van der Waals surface area contributed by atoms with Gasteiger partial charge in [-0.25, -0.2) is 0 Å². The van der Waals surface area contributed by atoms with Crippen molar-refractivity contribution in [3.05, 3.63) is 47.4 Å². The van der Waals surface area contributed by atoms with E-state index in [9.17, 15) is 0 Å². The van der Waals surface area contributed by atoms with E-state index in [0.29, 0.717) is 0 Å². The number of hydrogen-bond donors (Lipinski definition) is 0. The Morgan fingerprint density at radius 2 is 1.59 bits per heavy atom. The van der Waals surface area contributed by atoms with Gasteiger partial charge in [0.05, 0.1) is 0 Å². The van der Waals surface area contributed by atoms with E-state index < -0.39 is 14.7 Å². The van der Waals surface area contributed by atoms with Crippen LogP contribution in [-0.4, -0.2) is 0 Å². The van der Waals surface area contributed by atoms with Crippen LogP contribution < -0.4 is 0 Å². The number of fused-ring (bicyclic) bond motifs is 2. The van der Waals surface area contributed by atoms with Crippen LogP contribution in [0.2, 0.25) is 0 Å². The molecule has 0 aromatic heterocycles. The first-order valence-corrected chi connectivity index (χ1v) is 12.1. The van der Waals surface area contributed by atoms with Crippen molar-refractivity contribution in [2.24, 2.45) is 0 Å². The van der Waals surface area contributed by atoms with Crippen molar-refractivity contribution < 1.29 is 14.7 Å². The summed E-state index contributed by atoms with van der Waals surface area (Å²) in [5, 5.41) is 0. The zero-order valence-corrected chi connectivity index (χ0v) is 13.2. The molecule has 0 saturated heterocycles. The molecule has 1 aromatic carbocycles. The van der Waals surface area contributed by atoms with Gasteiger partial charge in [0.2, 0.25) is 0 Å². The number of allylic oxidation sites excluding steroid dienone is 2. The molecule has 0 bridgehead atoms. The van der Waals surface area contributed by atoms with E-state index in [-0.39, 0.29) is 0 Å². The van der Waals surface area contributed by atoms with Crippen LogP contribution >= 0.6 is 27.9 Å². The third kappa shape index (κ3) is 3.75. The molecule has 1 radical (unpaired) electrons. The van der Waals surface area contributed by atoms with Gasteiger partial charge in [-0.1, -0.05) is 29.8 Å². The van der Waals surface area contributed by atoms with Crippen molar-refractivity contribution in [3.8, 4) is 0 Å². The van der Waals surface area contributed by atoms with Gasteiger partial charge in [-0.15, -0.1) is 0 Å². The van der Waals surface area contributed by atoms with Gasteiger partial charge >= 0.3 is 42.6 Å². The molecule has 2 aliphatic carbocycles. The third-order valence-electron chi connectivity index (χ3n) is 3.13. The van der Waals surface area contributed by atoms with Gasteiger partial charge in [0.15, 0.2) is 0 Å². The minimum atomic E-state index is -1.92. The van der Waals surface area contributed by atoms with Gasteiger partial charge in [-0.05, 0) is 42.4 Å². The molecular formula is C13H13Cl3Ti. The van der Waals surface area contributed by atoms with E-state index >= 15 is 0 Å². The van der Waals surface area contributed by atoms with Crippen molar-refractivity contribution >= 4 is 33.5 Å². The molecule has 4 heteroatoms. The minimum absolute atomic E-state index is 1.29. The average Bonchev–Trinajstić information content (AvgIpc) is 2.66. The monoisotopic (exact) mass is 322 g/mol. The molecule has 0 aliphatic heterocycles. The summed E-state index contributed by atoms with van der Waals surface area (Å²) in [6.45, 7) is 0. The van der Waals surface area contributed by atoms with Gasteiger partial charge < -0.3 is 0 Å². The molecule has 0 atom stereocenters. The number of rotatable bonds is 0. The standard InChI is InChI=1S/C13H13.3ClH.Ti/c1-3-7-12-10(5-1)9-11-6-2-4-8-13(11)12;;;;/h1,3,5,7,9H,2,4,6,8H2;3*1H;/q;;;;+3/p-3. The summed E-state index contributed by atoms with van der Waals surface area (Å²) < 4.78 is 0. The number of halogens is 3. The van der Waals surface area contributed by atoms with Gasteiger partial charge in [-0.2, -0.15) is 0 Å². The van der Waals surface area contributed by atoms with Crippen molar-refractivity contribution in [3.63, 3.8) is 0 Å². The Kier molecular flexibility index (Phi) is 5.45. The number of benzene rings is 1. The van der Waals surface area contributed by atoms with Crippen molar-refractivity contribution in [1.82, 2.24) is 0 Å². The maximum absolute atomic E-state index is 4.97. The Morgan fingerprint density at radius 1 is 0.941 bits per heavy atom. The van der Waals surface area contributed by atoms with Crippen LogP contribution in [0.4, 0.5) is 0 Å². The predicted octanol–water partition coefficient (Wildman–Crippen LogP) is 5.65. The van der Waals surface area contributed by atoms with E-state index in [4.69, 9.17) is 27.9 Å². The van der Waals surface area contributed by atoms with E-state index in [0.717, 1.165) is 0 Å². The van der Waals surface area contributed by atoms with E-state index in [2.05, 4.69) is 30.7 Å². The second-order valence-corrected chi connectivity index (χ2v) is 11.9. The summed E-state index contributed by atoms with van der Waals surface area (Å²) >= 11 is -1.92. The molecular weight excluding hydrogens is 310 g/mol. The molecule has 0 heterocycles. The van der Waals surface area contributed by atoms with Crippen molar-refractivity contribution in [2.75, 3.05) is 0 Å². The molecule has 17 heavy (non-hydrogen) atoms. The molecule has 90 valence electrons. The Labute approximate surface area is 120 Å². The first kappa shape index (κ1) is 14.0. The topological polar surface area (TPSA) is 0 Å². The molecule has 2 aliphatic rings. The van der Waals surface area contributed by atoms with Crippen LogP contribution in [0.3, 0.4) is 0 Å². The second kappa shape index (κ2) is 6.64. The normalized spacial score (nSPS) is 16.9. The summed E-state index contributed by atoms with van der Waals surface area (Å²) in [5.74, 6) is 0. The Morgan fingerprint density at radius 3 is 2.35 bits per heavy atom. The van der Waals surface area contributed by atoms with Crippen LogP contribution in [0.5, 0.6) is 0 Å². The first-order valence-electron chi connectivity index (χ1n) is 5.68. The van der Waals surface area contributed by atoms with Crippen LogP contribution in [0.1, 0.15) is 36.8 Å². The Bertz CT molecular complexity index is 424. The Hall–Kier alpha value is 0.544. The van der Waals surface area contributed by atoms with E-state index in [1.165, 1.54) is 36.8 Å². The predicted molar refractivity (Wildman–Crippen MR) is 72.8 cm³/mol. The van der Waals surface area contributed by atoms with Crippen LogP contribution in [0, 0.1) is 6.42 Å². The molecule has 0 fully saturated rings. The van der Waals surface area contributed by atoms with E-state index in [1.807, 2.05) is 0 Å². The second-order valence-electron chi connectivity index (χ2n) is 4.16. The fourth-order valence-corrected chi connectivity index (χ4v) is 2.48. The molecule has 0 spiro atoms. The first-order chi connectivity index (χ1) is 8.18. The molecule has 1 aromatic rings. The summed E-state index contributed by atoms with van der Waals surface area (Å²) in [4.78, 5) is 0. The summed E-state index contributed by atoms with van der Waals surface area (Å²) in [6.07, 6.45) is 7.72. The average molecular weight is 323 g/mol. The van der Waals surface area contributed by atoms with E-state index in [1.54, 1.807) is 11.1 Å². The summed E-state index contributed by atoms with van der Waals surface area (Å²) in [5.41, 5.74) is 6.17. The molecule has 3 rings (SSSR count). The van der Waals surface area contributed by atoms with Crippen LogP contribution in [0.25, 0.3) is 5.57 Å². The number of hydrogen-bond acceptors (Lipinski definition) is 0. The maximum atomic E-state index is 4.97. The molecule has 0 unspecified atom stereocenters. The zero-order valence-electron chi connectivity index (χ0n) is 9.35. The Balaban J connectivity index is 0.000000239. The molecule has 0 nitrogen and oxygen atoms in total. The zero-order chi connectivity index (χ0) is 12.3. The van der Waals surface area contributed by atoms with Crippen LogP contribution in [0.15, 0.2) is 29.8 Å². The summed E-state index contributed by atoms with van der Waals surface area (Å²) in [6, 6.07) is 8.78. The quantitative estimate of drug-likeness (QED) is 0.542. The fourth-order valence-electron chi connectivity index (χ4n) is 2.48. The molecule has 0 N–H and O–H groups in total. The van der Waals surface area contributed by atoms with Gasteiger partial charge in [-0.3, -0.25) is 0 Å². The fraction of sp³-hybridized carbons (Fsp3) is 0.308. The van der Waals surface area contributed by atoms with Gasteiger partial charge in [0, 0.05) is 6.42 Å². The summed E-state index contributed by atoms with van der Waals surface area (Å²) in [7, 11) is 14.9. The molecule has 0 amide bonds. The van der Waals surface area contributed by atoms with Gasteiger partial charge in [0.25, 0.3) is 0 Å². The third-order valence-corrected chi connectivity index (χ3v) is 3.13.